The maximum Gasteiger partial charge on any atom is 0.268 e. The monoisotopic (exact) mass is 363 g/mol. The minimum absolute atomic E-state index is 0.0105. The van der Waals surface area contributed by atoms with Gasteiger partial charge in [0.2, 0.25) is 0 Å². The first-order valence-corrected chi connectivity index (χ1v) is 8.11. The van der Waals surface area contributed by atoms with Crippen LogP contribution in [0.3, 0.4) is 0 Å². The summed E-state index contributed by atoms with van der Waals surface area (Å²) in [5.41, 5.74) is 5.47. The lowest BCUT2D eigenvalue weighted by atomic mass is 9.96. The summed E-state index contributed by atoms with van der Waals surface area (Å²) in [5.74, 6) is 0.763. The molecule has 1 aromatic carbocycles. The average molecular weight is 363 g/mol. The van der Waals surface area contributed by atoms with Gasteiger partial charge in [0.25, 0.3) is 5.56 Å². The zero-order valence-electron chi connectivity index (χ0n) is 14.7. The number of nitrogens with zero attached hydrogens (tertiary/aromatic N) is 3. The molecule has 8 heteroatoms. The van der Waals surface area contributed by atoms with Gasteiger partial charge in [-0.2, -0.15) is 15.8 Å². The number of nitrogens with two attached hydrogens (primary N) is 1. The normalized spacial score (nSPS) is 9.70. The van der Waals surface area contributed by atoms with Gasteiger partial charge in [0.1, 0.15) is 29.1 Å². The van der Waals surface area contributed by atoms with Gasteiger partial charge in [-0.15, -0.1) is 0 Å². The second kappa shape index (κ2) is 8.94. The molecule has 0 aliphatic carbocycles. The summed E-state index contributed by atoms with van der Waals surface area (Å²) < 4.78 is 11.0. The Bertz CT molecular complexity index is 1020. The molecule has 1 heterocycles. The first kappa shape index (κ1) is 19.4. The van der Waals surface area contributed by atoms with Crippen LogP contribution < -0.4 is 20.8 Å². The summed E-state index contributed by atoms with van der Waals surface area (Å²) in [5, 5.41) is 27.4. The van der Waals surface area contributed by atoms with Crippen LogP contribution in [0.2, 0.25) is 0 Å². The van der Waals surface area contributed by atoms with Crippen molar-refractivity contribution in [1.29, 1.82) is 15.8 Å². The lowest BCUT2D eigenvalue weighted by molar-refractivity contribution is 0.287. The molecule has 0 radical (unpaired) electrons. The molecule has 2 aromatic rings. The SMILES string of the molecule is COc1ccc(-c2c(C#N)c(N)[nH]c(=O)c2C#N)cc1OCCCCC#N. The molecule has 0 fully saturated rings. The zero-order chi connectivity index (χ0) is 19.8. The minimum atomic E-state index is -0.668. The molecule has 0 saturated heterocycles. The third kappa shape index (κ3) is 4.18. The Labute approximate surface area is 156 Å². The molecule has 0 unspecified atom stereocenters. The number of aromatic amines is 1. The van der Waals surface area contributed by atoms with Crippen molar-refractivity contribution in [2.24, 2.45) is 0 Å². The highest BCUT2D eigenvalue weighted by molar-refractivity contribution is 5.81. The number of nitrogen functional groups attached to an aromatic ring is 1. The van der Waals surface area contributed by atoms with Crippen molar-refractivity contribution in [2.75, 3.05) is 19.5 Å². The molecule has 0 aliphatic rings. The van der Waals surface area contributed by atoms with E-state index in [1.807, 2.05) is 12.1 Å². The number of rotatable bonds is 7. The van der Waals surface area contributed by atoms with Gasteiger partial charge in [-0.3, -0.25) is 4.79 Å². The number of aromatic nitrogens is 1. The van der Waals surface area contributed by atoms with E-state index >= 15 is 0 Å². The number of nitriles is 3. The van der Waals surface area contributed by atoms with Crippen LogP contribution in [0.25, 0.3) is 11.1 Å². The van der Waals surface area contributed by atoms with Gasteiger partial charge in [0.05, 0.1) is 19.8 Å². The molecular formula is C19H17N5O3. The fourth-order valence-corrected chi connectivity index (χ4v) is 2.57. The quantitative estimate of drug-likeness (QED) is 0.717. The number of anilines is 1. The summed E-state index contributed by atoms with van der Waals surface area (Å²) in [4.78, 5) is 14.4. The van der Waals surface area contributed by atoms with Crippen LogP contribution in [0, 0.1) is 34.0 Å². The Hall–Kier alpha value is -3.96. The highest BCUT2D eigenvalue weighted by Crippen LogP contribution is 2.35. The van der Waals surface area contributed by atoms with Gasteiger partial charge in [-0.05, 0) is 30.5 Å². The third-order valence-corrected chi connectivity index (χ3v) is 3.86. The number of benzene rings is 1. The van der Waals surface area contributed by atoms with E-state index in [1.54, 1.807) is 18.2 Å². The van der Waals surface area contributed by atoms with Gasteiger partial charge in [0, 0.05) is 12.0 Å². The van der Waals surface area contributed by atoms with E-state index in [2.05, 4.69) is 11.1 Å². The minimum Gasteiger partial charge on any atom is -0.493 e. The lowest BCUT2D eigenvalue weighted by Crippen LogP contribution is -2.16. The van der Waals surface area contributed by atoms with Crippen molar-refractivity contribution in [1.82, 2.24) is 4.98 Å². The van der Waals surface area contributed by atoms with Gasteiger partial charge < -0.3 is 20.2 Å². The molecule has 27 heavy (non-hydrogen) atoms. The summed E-state index contributed by atoms with van der Waals surface area (Å²) >= 11 is 0. The van der Waals surface area contributed by atoms with E-state index in [0.29, 0.717) is 42.9 Å². The van der Waals surface area contributed by atoms with E-state index < -0.39 is 5.56 Å². The van der Waals surface area contributed by atoms with Crippen LogP contribution in [-0.4, -0.2) is 18.7 Å². The molecule has 0 atom stereocenters. The molecule has 0 aliphatic heterocycles. The van der Waals surface area contributed by atoms with Crippen LogP contribution in [0.1, 0.15) is 30.4 Å². The molecule has 0 saturated carbocycles. The Kier molecular flexibility index (Phi) is 6.41. The molecule has 2 rings (SSSR count). The number of hydrogen-bond acceptors (Lipinski definition) is 7. The van der Waals surface area contributed by atoms with Crippen molar-refractivity contribution >= 4 is 5.82 Å². The summed E-state index contributed by atoms with van der Waals surface area (Å²) in [6.45, 7) is 0.370. The predicted octanol–water partition coefficient (Wildman–Crippen LogP) is 2.45. The van der Waals surface area contributed by atoms with E-state index in [0.717, 1.165) is 0 Å². The van der Waals surface area contributed by atoms with E-state index in [1.165, 1.54) is 7.11 Å². The van der Waals surface area contributed by atoms with Crippen LogP contribution >= 0.6 is 0 Å². The van der Waals surface area contributed by atoms with Crippen LogP contribution in [0.4, 0.5) is 5.82 Å². The number of hydrogen-bond donors (Lipinski definition) is 2. The second-order valence-electron chi connectivity index (χ2n) is 5.55. The first-order valence-electron chi connectivity index (χ1n) is 8.11. The topological polar surface area (TPSA) is 149 Å². The number of unbranched alkanes of at least 4 members (excludes halogenated alkanes) is 2. The number of H-pyrrole nitrogens is 1. The van der Waals surface area contributed by atoms with Gasteiger partial charge in [-0.1, -0.05) is 6.07 Å². The maximum atomic E-state index is 12.1. The highest BCUT2D eigenvalue weighted by atomic mass is 16.5. The molecular weight excluding hydrogens is 346 g/mol. The van der Waals surface area contributed by atoms with Crippen LogP contribution in [0.5, 0.6) is 11.5 Å². The molecule has 0 amide bonds. The fraction of sp³-hybridized carbons (Fsp3) is 0.263. The van der Waals surface area contributed by atoms with Gasteiger partial charge in [-0.25, -0.2) is 0 Å². The molecule has 1 aromatic heterocycles. The molecule has 0 spiro atoms. The van der Waals surface area contributed by atoms with Crippen molar-refractivity contribution < 1.29 is 9.47 Å². The fourth-order valence-electron chi connectivity index (χ4n) is 2.57. The summed E-state index contributed by atoms with van der Waals surface area (Å²) in [6, 6.07) is 10.7. The Morgan fingerprint density at radius 1 is 1.11 bits per heavy atom. The second-order valence-corrected chi connectivity index (χ2v) is 5.55. The predicted molar refractivity (Wildman–Crippen MR) is 97.9 cm³/mol. The first-order chi connectivity index (χ1) is 13.1. The number of ether oxygens (including phenoxy) is 2. The van der Waals surface area contributed by atoms with Crippen molar-refractivity contribution in [3.63, 3.8) is 0 Å². The third-order valence-electron chi connectivity index (χ3n) is 3.86. The smallest absolute Gasteiger partial charge is 0.268 e. The Balaban J connectivity index is 2.51. The largest absolute Gasteiger partial charge is 0.493 e. The van der Waals surface area contributed by atoms with E-state index in [4.69, 9.17) is 20.5 Å². The standard InChI is InChI=1S/C19H17N5O3/c1-26-15-6-5-12(9-16(15)27-8-4-2-3-7-20)17-13(10-21)18(23)24-19(25)14(17)11-22/h5-6,9H,2-4,8H2,1H3,(H3,23,24,25). The average Bonchev–Trinajstić information content (AvgIpc) is 2.67. The Morgan fingerprint density at radius 2 is 1.85 bits per heavy atom. The molecule has 136 valence electrons. The van der Waals surface area contributed by atoms with E-state index in [9.17, 15) is 15.3 Å². The van der Waals surface area contributed by atoms with Crippen LogP contribution in [-0.2, 0) is 0 Å². The number of methoxy groups -OCH3 is 1. The van der Waals surface area contributed by atoms with Crippen LogP contribution in [0.15, 0.2) is 23.0 Å². The van der Waals surface area contributed by atoms with Crippen molar-refractivity contribution in [2.45, 2.75) is 19.3 Å². The van der Waals surface area contributed by atoms with Crippen molar-refractivity contribution in [3.05, 3.63) is 39.7 Å². The number of pyridine rings is 1. The maximum absolute atomic E-state index is 12.1. The molecule has 8 nitrogen and oxygen atoms in total. The number of nitrogens with one attached hydrogen (secondary N) is 1. The Morgan fingerprint density at radius 3 is 2.48 bits per heavy atom. The van der Waals surface area contributed by atoms with E-state index in [-0.39, 0.29) is 22.5 Å². The summed E-state index contributed by atoms with van der Waals surface area (Å²) in [6.07, 6.45) is 1.84. The highest BCUT2D eigenvalue weighted by Gasteiger charge is 2.19. The van der Waals surface area contributed by atoms with Gasteiger partial charge in [0.15, 0.2) is 11.5 Å². The lowest BCUT2D eigenvalue weighted by Gasteiger charge is -2.14. The molecule has 3 N–H and O–H groups in total. The van der Waals surface area contributed by atoms with Gasteiger partial charge >= 0.3 is 0 Å². The van der Waals surface area contributed by atoms with Crippen molar-refractivity contribution in [3.8, 4) is 40.8 Å². The molecule has 0 bridgehead atoms. The summed E-state index contributed by atoms with van der Waals surface area (Å²) in [7, 11) is 1.49. The zero-order valence-corrected chi connectivity index (χ0v) is 14.7.